The lowest BCUT2D eigenvalue weighted by Gasteiger charge is -2.25. The fourth-order valence-corrected chi connectivity index (χ4v) is 1.65. The number of methoxy groups -OCH3 is 1. The first kappa shape index (κ1) is 17.4. The molecule has 1 rings (SSSR count). The highest BCUT2D eigenvalue weighted by Gasteiger charge is 2.32. The maximum absolute atomic E-state index is 9.74. The number of aliphatic hydroxyl groups excluding tert-OH is 6. The monoisotopic (exact) mass is 300 g/mol. The first-order valence-corrected chi connectivity index (χ1v) is 6.28. The normalized spacial score (nSPS) is 17.9. The highest BCUT2D eigenvalue weighted by atomic mass is 16.5. The van der Waals surface area contributed by atoms with Crippen LogP contribution >= 0.6 is 0 Å². The Hall–Kier alpha value is -1.64. The van der Waals surface area contributed by atoms with E-state index in [1.165, 1.54) is 13.2 Å². The molecule has 0 saturated heterocycles. The number of aliphatic hydroxyl groups is 6. The van der Waals surface area contributed by atoms with Crippen molar-refractivity contribution < 1.29 is 35.4 Å². The minimum Gasteiger partial charge on any atom is -0.509 e. The molecule has 0 bridgehead atoms. The number of hydrogen-bond acceptors (Lipinski definition) is 7. The smallest absolute Gasteiger partial charge is 0.139 e. The van der Waals surface area contributed by atoms with Crippen LogP contribution in [0.2, 0.25) is 0 Å². The summed E-state index contributed by atoms with van der Waals surface area (Å²) in [5, 5.41) is 56.4. The standard InChI is InChI=1S/C14H20O7/c1-21-9-4-2-8(3-5-9)6-10(16)12(18)14(20)13(19)11(17)7-15/h2-6,11-20H,7H2,1H3/t11-,12+,13-,14-/m1/s1. The number of ether oxygens (including phenoxy) is 1. The van der Waals surface area contributed by atoms with E-state index in [4.69, 9.17) is 9.84 Å². The SMILES string of the molecule is COc1ccc(C=C(O)[C@H](O)[C@@H](O)[C@H](O)[C@H](O)CO)cc1. The quantitative estimate of drug-likeness (QED) is 0.357. The average molecular weight is 300 g/mol. The molecule has 0 radical (unpaired) electrons. The molecular formula is C14H20O7. The maximum atomic E-state index is 9.74. The van der Waals surface area contributed by atoms with Gasteiger partial charge in [0.1, 0.15) is 35.9 Å². The molecule has 0 heterocycles. The molecule has 0 spiro atoms. The zero-order chi connectivity index (χ0) is 16.0. The van der Waals surface area contributed by atoms with E-state index in [1.54, 1.807) is 24.3 Å². The van der Waals surface area contributed by atoms with Crippen molar-refractivity contribution in [2.24, 2.45) is 0 Å². The van der Waals surface area contributed by atoms with Crippen molar-refractivity contribution in [1.82, 2.24) is 0 Å². The van der Waals surface area contributed by atoms with Crippen molar-refractivity contribution in [1.29, 1.82) is 0 Å². The van der Waals surface area contributed by atoms with Gasteiger partial charge in [0.15, 0.2) is 0 Å². The minimum absolute atomic E-state index is 0.539. The van der Waals surface area contributed by atoms with Gasteiger partial charge < -0.3 is 35.4 Å². The van der Waals surface area contributed by atoms with E-state index in [0.29, 0.717) is 11.3 Å². The number of hydrogen-bond donors (Lipinski definition) is 6. The number of benzene rings is 1. The fraction of sp³-hybridized carbons (Fsp3) is 0.429. The van der Waals surface area contributed by atoms with Crippen LogP contribution < -0.4 is 4.74 Å². The van der Waals surface area contributed by atoms with E-state index in [9.17, 15) is 25.5 Å². The molecule has 6 N–H and O–H groups in total. The molecule has 7 heteroatoms. The predicted molar refractivity (Wildman–Crippen MR) is 74.7 cm³/mol. The Kier molecular flexibility index (Phi) is 6.60. The van der Waals surface area contributed by atoms with Gasteiger partial charge in [-0.05, 0) is 23.8 Å². The third-order valence-electron chi connectivity index (χ3n) is 2.99. The molecule has 1 aromatic carbocycles. The molecule has 7 nitrogen and oxygen atoms in total. The first-order valence-electron chi connectivity index (χ1n) is 6.28. The van der Waals surface area contributed by atoms with Crippen LogP contribution in [0.5, 0.6) is 5.75 Å². The average Bonchev–Trinajstić information content (AvgIpc) is 2.52. The zero-order valence-corrected chi connectivity index (χ0v) is 11.5. The van der Waals surface area contributed by atoms with Crippen LogP contribution in [0, 0.1) is 0 Å². The Morgan fingerprint density at radius 1 is 1.10 bits per heavy atom. The Labute approximate surface area is 122 Å². The summed E-state index contributed by atoms with van der Waals surface area (Å²) in [4.78, 5) is 0. The molecule has 0 saturated carbocycles. The molecule has 0 aliphatic heterocycles. The van der Waals surface area contributed by atoms with Gasteiger partial charge in [0.05, 0.1) is 13.7 Å². The summed E-state index contributed by atoms with van der Waals surface area (Å²) >= 11 is 0. The van der Waals surface area contributed by atoms with Crippen LogP contribution in [0.3, 0.4) is 0 Å². The van der Waals surface area contributed by atoms with Crippen LogP contribution in [-0.4, -0.2) is 68.8 Å². The van der Waals surface area contributed by atoms with Gasteiger partial charge in [-0.1, -0.05) is 12.1 Å². The third kappa shape index (κ3) is 4.69. The lowest BCUT2D eigenvalue weighted by Crippen LogP contribution is -2.46. The van der Waals surface area contributed by atoms with Crippen LogP contribution in [0.25, 0.3) is 6.08 Å². The Balaban J connectivity index is 2.80. The largest absolute Gasteiger partial charge is 0.509 e. The zero-order valence-electron chi connectivity index (χ0n) is 11.5. The van der Waals surface area contributed by atoms with Crippen molar-refractivity contribution in [3.63, 3.8) is 0 Å². The van der Waals surface area contributed by atoms with E-state index in [1.807, 2.05) is 0 Å². The minimum atomic E-state index is -1.85. The molecule has 1 aromatic rings. The van der Waals surface area contributed by atoms with Crippen molar-refractivity contribution in [3.05, 3.63) is 35.6 Å². The molecule has 0 amide bonds. The Morgan fingerprint density at radius 2 is 1.67 bits per heavy atom. The molecule has 0 fully saturated rings. The summed E-state index contributed by atoms with van der Waals surface area (Å²) in [5.41, 5.74) is 0.539. The van der Waals surface area contributed by atoms with Crippen molar-refractivity contribution in [2.75, 3.05) is 13.7 Å². The summed E-state index contributed by atoms with van der Waals surface area (Å²) in [6.07, 6.45) is -5.87. The predicted octanol–water partition coefficient (Wildman–Crippen LogP) is -0.970. The van der Waals surface area contributed by atoms with E-state index >= 15 is 0 Å². The fourth-order valence-electron chi connectivity index (χ4n) is 1.65. The summed E-state index contributed by atoms with van der Waals surface area (Å²) in [6.45, 7) is -0.784. The number of rotatable bonds is 7. The molecule has 4 atom stereocenters. The van der Waals surface area contributed by atoms with Gasteiger partial charge in [-0.25, -0.2) is 0 Å². The second-order valence-electron chi connectivity index (χ2n) is 4.52. The summed E-state index contributed by atoms with van der Waals surface area (Å²) in [7, 11) is 1.51. The maximum Gasteiger partial charge on any atom is 0.139 e. The third-order valence-corrected chi connectivity index (χ3v) is 2.99. The summed E-state index contributed by atoms with van der Waals surface area (Å²) in [5.74, 6) is 0.0329. The molecule has 0 aliphatic rings. The van der Waals surface area contributed by atoms with Gasteiger partial charge in [-0.3, -0.25) is 0 Å². The topological polar surface area (TPSA) is 131 Å². The van der Waals surface area contributed by atoms with Crippen molar-refractivity contribution >= 4 is 6.08 Å². The van der Waals surface area contributed by atoms with Crippen LogP contribution in [-0.2, 0) is 0 Å². The van der Waals surface area contributed by atoms with Gasteiger partial charge in [-0.2, -0.15) is 0 Å². The molecule has 0 aromatic heterocycles. The van der Waals surface area contributed by atoms with Crippen molar-refractivity contribution in [3.8, 4) is 5.75 Å². The molecule has 118 valence electrons. The molecule has 0 unspecified atom stereocenters. The highest BCUT2D eigenvalue weighted by Crippen LogP contribution is 2.16. The lowest BCUT2D eigenvalue weighted by atomic mass is 10.0. The van der Waals surface area contributed by atoms with E-state index < -0.39 is 36.8 Å². The Bertz CT molecular complexity index is 457. The van der Waals surface area contributed by atoms with Crippen LogP contribution in [0.15, 0.2) is 30.0 Å². The molecule has 21 heavy (non-hydrogen) atoms. The van der Waals surface area contributed by atoms with Gasteiger partial charge in [0.25, 0.3) is 0 Å². The van der Waals surface area contributed by atoms with Crippen LogP contribution in [0.4, 0.5) is 0 Å². The highest BCUT2D eigenvalue weighted by molar-refractivity contribution is 5.53. The summed E-state index contributed by atoms with van der Waals surface area (Å²) in [6, 6.07) is 6.53. The van der Waals surface area contributed by atoms with Gasteiger partial charge >= 0.3 is 0 Å². The van der Waals surface area contributed by atoms with Gasteiger partial charge in [0, 0.05) is 0 Å². The van der Waals surface area contributed by atoms with E-state index in [-0.39, 0.29) is 0 Å². The van der Waals surface area contributed by atoms with Crippen molar-refractivity contribution in [2.45, 2.75) is 24.4 Å². The van der Waals surface area contributed by atoms with Gasteiger partial charge in [-0.15, -0.1) is 0 Å². The van der Waals surface area contributed by atoms with E-state index in [0.717, 1.165) is 0 Å². The molecular weight excluding hydrogens is 280 g/mol. The van der Waals surface area contributed by atoms with Gasteiger partial charge in [0.2, 0.25) is 0 Å². The van der Waals surface area contributed by atoms with Crippen LogP contribution in [0.1, 0.15) is 5.56 Å². The second-order valence-corrected chi connectivity index (χ2v) is 4.52. The summed E-state index contributed by atoms with van der Waals surface area (Å²) < 4.78 is 4.97. The first-order chi connectivity index (χ1) is 9.90. The Morgan fingerprint density at radius 3 is 2.14 bits per heavy atom. The van der Waals surface area contributed by atoms with E-state index in [2.05, 4.69) is 0 Å². The second kappa shape index (κ2) is 7.96. The molecule has 0 aliphatic carbocycles. The lowest BCUT2D eigenvalue weighted by molar-refractivity contribution is -0.112.